The monoisotopic (exact) mass is 416 g/mol. The number of nitrogens with one attached hydrogen (secondary N) is 4. The van der Waals surface area contributed by atoms with Gasteiger partial charge in [0.2, 0.25) is 11.8 Å². The first kappa shape index (κ1) is 26.6. The summed E-state index contributed by atoms with van der Waals surface area (Å²) in [7, 11) is 0. The van der Waals surface area contributed by atoms with Crippen LogP contribution in [-0.4, -0.2) is 52.7 Å². The molecule has 5 N–H and O–H groups in total. The maximum atomic E-state index is 12.6. The lowest BCUT2D eigenvalue weighted by Crippen LogP contribution is -2.57. The van der Waals surface area contributed by atoms with Crippen molar-refractivity contribution in [3.63, 3.8) is 0 Å². The Hall–Kier alpha value is -2.36. The topological polar surface area (TPSA) is 146 Å². The molecule has 4 amide bonds. The molecule has 0 unspecified atom stereocenters. The highest BCUT2D eigenvalue weighted by Gasteiger charge is 2.30. The zero-order valence-corrected chi connectivity index (χ0v) is 18.6. The first-order chi connectivity index (χ1) is 13.2. The quantitative estimate of drug-likeness (QED) is 0.281. The Morgan fingerprint density at radius 1 is 0.862 bits per heavy atom. The number of alkyl carbamates (subject to hydrolysis) is 1. The molecule has 0 saturated heterocycles. The number of carbonyl (C=O) groups is 4. The largest absolute Gasteiger partial charge is 0.444 e. The Balaban J connectivity index is 5.01. The van der Waals surface area contributed by atoms with Gasteiger partial charge in [-0.1, -0.05) is 27.7 Å². The van der Waals surface area contributed by atoms with Crippen LogP contribution >= 0.6 is 0 Å². The van der Waals surface area contributed by atoms with Gasteiger partial charge >= 0.3 is 6.09 Å². The first-order valence-corrected chi connectivity index (χ1v) is 9.72. The minimum Gasteiger partial charge on any atom is -0.444 e. The highest BCUT2D eigenvalue weighted by Crippen LogP contribution is 2.09. The fraction of sp³-hybridized carbons (Fsp3) is 0.789. The molecule has 0 aliphatic heterocycles. The van der Waals surface area contributed by atoms with Gasteiger partial charge in [-0.2, -0.15) is 0 Å². The van der Waals surface area contributed by atoms with Gasteiger partial charge in [-0.25, -0.2) is 10.3 Å². The molecule has 0 bridgehead atoms. The molecule has 10 heteroatoms. The predicted molar refractivity (Wildman–Crippen MR) is 107 cm³/mol. The molecule has 0 radical (unpaired) electrons. The predicted octanol–water partition coefficient (Wildman–Crippen LogP) is 1.08. The van der Waals surface area contributed by atoms with Crippen molar-refractivity contribution >= 4 is 23.8 Å². The van der Waals surface area contributed by atoms with E-state index in [0.29, 0.717) is 6.42 Å². The van der Waals surface area contributed by atoms with Crippen LogP contribution in [0, 0.1) is 11.8 Å². The fourth-order valence-corrected chi connectivity index (χ4v) is 2.42. The minimum absolute atomic E-state index is 0.0887. The number of rotatable bonds is 9. The number of carbonyl (C=O) groups excluding carboxylic acids is 4. The van der Waals surface area contributed by atoms with E-state index in [-0.39, 0.29) is 11.8 Å². The Labute approximate surface area is 172 Å². The SMILES string of the molecule is CC(C)C[C@H](NC(=O)[C@H](C)NC(=O)[C@@H](NC(=O)OC(C)(C)C)C(C)C)C(=O)NO. The molecule has 0 aromatic rings. The molecule has 0 rings (SSSR count). The van der Waals surface area contributed by atoms with Crippen LogP contribution in [0.25, 0.3) is 0 Å². The molecule has 10 nitrogen and oxygen atoms in total. The summed E-state index contributed by atoms with van der Waals surface area (Å²) in [4.78, 5) is 48.7. The second kappa shape index (κ2) is 11.6. The van der Waals surface area contributed by atoms with Gasteiger partial charge in [0.1, 0.15) is 23.7 Å². The number of hydrogen-bond acceptors (Lipinski definition) is 6. The molecule has 29 heavy (non-hydrogen) atoms. The summed E-state index contributed by atoms with van der Waals surface area (Å²) in [5, 5.41) is 16.4. The Bertz CT molecular complexity index is 586. The third kappa shape index (κ3) is 10.7. The van der Waals surface area contributed by atoms with Gasteiger partial charge in [0, 0.05) is 0 Å². The van der Waals surface area contributed by atoms with Gasteiger partial charge in [0.05, 0.1) is 0 Å². The lowest BCUT2D eigenvalue weighted by molar-refractivity contribution is -0.136. The molecule has 0 aliphatic carbocycles. The molecule has 0 aromatic carbocycles. The molecule has 168 valence electrons. The van der Waals surface area contributed by atoms with Crippen LogP contribution < -0.4 is 21.4 Å². The van der Waals surface area contributed by atoms with E-state index < -0.39 is 47.5 Å². The fourth-order valence-electron chi connectivity index (χ4n) is 2.42. The summed E-state index contributed by atoms with van der Waals surface area (Å²) in [5.74, 6) is -2.05. The van der Waals surface area contributed by atoms with E-state index in [2.05, 4.69) is 16.0 Å². The normalized spacial score (nSPS) is 14.6. The number of ether oxygens (including phenoxy) is 1. The number of hydroxylamine groups is 1. The zero-order valence-electron chi connectivity index (χ0n) is 18.6. The van der Waals surface area contributed by atoms with Crippen molar-refractivity contribution in [1.29, 1.82) is 0 Å². The molecule has 3 atom stereocenters. The second-order valence-corrected chi connectivity index (χ2v) is 8.76. The van der Waals surface area contributed by atoms with Gasteiger partial charge in [-0.05, 0) is 46.0 Å². The summed E-state index contributed by atoms with van der Waals surface area (Å²) in [6.07, 6.45) is -0.423. The van der Waals surface area contributed by atoms with Gasteiger partial charge in [-0.15, -0.1) is 0 Å². The van der Waals surface area contributed by atoms with Gasteiger partial charge in [0.25, 0.3) is 5.91 Å². The van der Waals surface area contributed by atoms with Crippen molar-refractivity contribution in [3.05, 3.63) is 0 Å². The summed E-state index contributed by atoms with van der Waals surface area (Å²) < 4.78 is 5.17. The van der Waals surface area contributed by atoms with Crippen molar-refractivity contribution in [2.45, 2.75) is 85.5 Å². The van der Waals surface area contributed by atoms with Crippen LogP contribution in [-0.2, 0) is 19.1 Å². The number of hydrogen-bond donors (Lipinski definition) is 5. The third-order valence-electron chi connectivity index (χ3n) is 3.82. The standard InChI is InChI=1S/C19H36N4O6/c1-10(2)9-13(16(25)23-28)21-15(24)12(5)20-17(26)14(11(3)4)22-18(27)29-19(6,7)8/h10-14,28H,9H2,1-8H3,(H,20,26)(H,21,24)(H,22,27)(H,23,25)/t12-,13-,14-/m0/s1. The Kier molecular flexibility index (Phi) is 10.7. The maximum absolute atomic E-state index is 12.6. The zero-order chi connectivity index (χ0) is 22.9. The number of amides is 4. The summed E-state index contributed by atoms with van der Waals surface area (Å²) in [6, 6.07) is -2.81. The van der Waals surface area contributed by atoms with E-state index in [9.17, 15) is 19.2 Å². The molecule has 0 aliphatic rings. The molecule has 0 spiro atoms. The van der Waals surface area contributed by atoms with Crippen LogP contribution in [0.5, 0.6) is 0 Å². The third-order valence-corrected chi connectivity index (χ3v) is 3.82. The highest BCUT2D eigenvalue weighted by atomic mass is 16.6. The van der Waals surface area contributed by atoms with E-state index in [1.165, 1.54) is 12.4 Å². The van der Waals surface area contributed by atoms with E-state index in [0.717, 1.165) is 0 Å². The van der Waals surface area contributed by atoms with Crippen LogP contribution in [0.3, 0.4) is 0 Å². The van der Waals surface area contributed by atoms with Crippen molar-refractivity contribution < 1.29 is 29.1 Å². The Morgan fingerprint density at radius 2 is 1.41 bits per heavy atom. The van der Waals surface area contributed by atoms with Crippen molar-refractivity contribution in [2.24, 2.45) is 11.8 Å². The van der Waals surface area contributed by atoms with Gasteiger partial charge in [-0.3, -0.25) is 19.6 Å². The highest BCUT2D eigenvalue weighted by molar-refractivity contribution is 5.93. The van der Waals surface area contributed by atoms with Crippen LogP contribution in [0.15, 0.2) is 0 Å². The Morgan fingerprint density at radius 3 is 1.83 bits per heavy atom. The van der Waals surface area contributed by atoms with Crippen molar-refractivity contribution in [1.82, 2.24) is 21.4 Å². The molecule has 0 fully saturated rings. The smallest absolute Gasteiger partial charge is 0.408 e. The van der Waals surface area contributed by atoms with Crippen LogP contribution in [0.4, 0.5) is 4.79 Å². The summed E-state index contributed by atoms with van der Waals surface area (Å²) in [5.41, 5.74) is 0.812. The van der Waals surface area contributed by atoms with Crippen LogP contribution in [0.2, 0.25) is 0 Å². The maximum Gasteiger partial charge on any atom is 0.408 e. The van der Waals surface area contributed by atoms with E-state index in [1.807, 2.05) is 13.8 Å². The average Bonchev–Trinajstić information content (AvgIpc) is 2.55. The molecular formula is C19H36N4O6. The average molecular weight is 417 g/mol. The van der Waals surface area contributed by atoms with E-state index >= 15 is 0 Å². The van der Waals surface area contributed by atoms with E-state index in [1.54, 1.807) is 34.6 Å². The van der Waals surface area contributed by atoms with E-state index in [4.69, 9.17) is 9.94 Å². The lowest BCUT2D eigenvalue weighted by Gasteiger charge is -2.26. The van der Waals surface area contributed by atoms with Gasteiger partial charge < -0.3 is 20.7 Å². The summed E-state index contributed by atoms with van der Waals surface area (Å²) in [6.45, 7) is 13.8. The lowest BCUT2D eigenvalue weighted by atomic mass is 10.0. The molecular weight excluding hydrogens is 380 g/mol. The van der Waals surface area contributed by atoms with Gasteiger partial charge in [0.15, 0.2) is 0 Å². The van der Waals surface area contributed by atoms with Crippen LogP contribution in [0.1, 0.15) is 61.8 Å². The summed E-state index contributed by atoms with van der Waals surface area (Å²) >= 11 is 0. The molecule has 0 aromatic heterocycles. The molecule has 0 heterocycles. The molecule has 0 saturated carbocycles. The minimum atomic E-state index is -0.967. The second-order valence-electron chi connectivity index (χ2n) is 8.76. The van der Waals surface area contributed by atoms with Crippen molar-refractivity contribution in [3.8, 4) is 0 Å². The first-order valence-electron chi connectivity index (χ1n) is 9.72. The van der Waals surface area contributed by atoms with Crippen molar-refractivity contribution in [2.75, 3.05) is 0 Å².